The first-order valence-corrected chi connectivity index (χ1v) is 15.3. The summed E-state index contributed by atoms with van der Waals surface area (Å²) in [5, 5.41) is 22.7. The summed E-state index contributed by atoms with van der Waals surface area (Å²) in [6.45, 7) is 13.8. The van der Waals surface area contributed by atoms with E-state index in [2.05, 4.69) is 36.3 Å². The number of amides is 1. The van der Waals surface area contributed by atoms with Crippen LogP contribution >= 0.6 is 0 Å². The van der Waals surface area contributed by atoms with Gasteiger partial charge in [-0.3, -0.25) is 9.80 Å². The number of rotatable bonds is 3. The van der Waals surface area contributed by atoms with Gasteiger partial charge in [-0.25, -0.2) is 4.79 Å². The summed E-state index contributed by atoms with van der Waals surface area (Å²) < 4.78 is 5.57. The van der Waals surface area contributed by atoms with Crippen LogP contribution in [0.2, 0.25) is 0 Å². The maximum absolute atomic E-state index is 12.4. The number of likely N-dealkylation sites (tertiary alicyclic amines) is 2. The minimum Gasteiger partial charge on any atom is -0.507 e. The van der Waals surface area contributed by atoms with Crippen molar-refractivity contribution in [3.63, 3.8) is 0 Å². The number of ether oxygens (including phenoxy) is 1. The highest BCUT2D eigenvalue weighted by atomic mass is 16.6. The maximum atomic E-state index is 12.4. The second-order valence-electron chi connectivity index (χ2n) is 13.9. The van der Waals surface area contributed by atoms with E-state index in [9.17, 15) is 9.90 Å². The second-order valence-corrected chi connectivity index (χ2v) is 13.9. The van der Waals surface area contributed by atoms with Gasteiger partial charge in [-0.1, -0.05) is 12.1 Å². The standard InChI is InChI=1S/C31H43N7O3/c1-30(2,3)41-29(40)35-10-8-21(9-11-35)37-19-31(20-37)15-22(16-31)36-12-13-38-23(18-36)17-32-28-26(38)14-25(33-34-28)24-6-4-5-7-27(24)39/h4-7,14,21-23,39H,8-13,15-20H2,1-3H3,(H,32,34)/t23-/m0/s1. The minimum atomic E-state index is -0.436. The Morgan fingerprint density at radius 2 is 1.76 bits per heavy atom. The summed E-state index contributed by atoms with van der Waals surface area (Å²) in [4.78, 5) is 22.2. The van der Waals surface area contributed by atoms with Gasteiger partial charge in [0.05, 0.1) is 17.4 Å². The van der Waals surface area contributed by atoms with E-state index in [1.807, 2.05) is 43.9 Å². The van der Waals surface area contributed by atoms with Crippen LogP contribution in [0.5, 0.6) is 5.75 Å². The average Bonchev–Trinajstić information content (AvgIpc) is 2.91. The molecule has 41 heavy (non-hydrogen) atoms. The van der Waals surface area contributed by atoms with Crippen LogP contribution in [0, 0.1) is 5.41 Å². The average molecular weight is 562 g/mol. The molecule has 4 fully saturated rings. The van der Waals surface area contributed by atoms with Gasteiger partial charge in [0.15, 0.2) is 5.82 Å². The highest BCUT2D eigenvalue weighted by molar-refractivity contribution is 5.76. The van der Waals surface area contributed by atoms with Gasteiger partial charge in [0, 0.05) is 70.0 Å². The van der Waals surface area contributed by atoms with Gasteiger partial charge in [0.25, 0.3) is 0 Å². The van der Waals surface area contributed by atoms with Crippen LogP contribution in [0.25, 0.3) is 11.3 Å². The largest absolute Gasteiger partial charge is 0.507 e. The third kappa shape index (κ3) is 5.09. The Morgan fingerprint density at radius 1 is 1.00 bits per heavy atom. The van der Waals surface area contributed by atoms with Gasteiger partial charge < -0.3 is 25.0 Å². The summed E-state index contributed by atoms with van der Waals surface area (Å²) in [5.74, 6) is 1.06. The monoisotopic (exact) mass is 561 g/mol. The van der Waals surface area contributed by atoms with Gasteiger partial charge in [0.2, 0.25) is 0 Å². The zero-order chi connectivity index (χ0) is 28.4. The Labute approximate surface area is 242 Å². The number of carbonyl (C=O) groups is 1. The van der Waals surface area contributed by atoms with Crippen molar-refractivity contribution in [1.29, 1.82) is 0 Å². The molecule has 1 aliphatic carbocycles. The van der Waals surface area contributed by atoms with Gasteiger partial charge >= 0.3 is 6.09 Å². The number of carbonyl (C=O) groups excluding carboxylic acids is 1. The van der Waals surface area contributed by atoms with Crippen molar-refractivity contribution in [2.75, 3.05) is 62.6 Å². The van der Waals surface area contributed by atoms with Crippen molar-refractivity contribution in [2.45, 2.75) is 70.2 Å². The van der Waals surface area contributed by atoms with E-state index in [4.69, 9.17) is 4.74 Å². The molecule has 1 aromatic carbocycles. The Bertz CT molecular complexity index is 1290. The molecule has 5 heterocycles. The lowest BCUT2D eigenvalue weighted by Gasteiger charge is -2.64. The normalized spacial score (nSPS) is 25.1. The fraction of sp³-hybridized carbons (Fsp3) is 0.645. The van der Waals surface area contributed by atoms with E-state index in [0.717, 1.165) is 63.6 Å². The molecule has 10 nitrogen and oxygen atoms in total. The number of hydrogen-bond acceptors (Lipinski definition) is 9. The maximum Gasteiger partial charge on any atom is 0.410 e. The fourth-order valence-corrected chi connectivity index (χ4v) is 7.74. The van der Waals surface area contributed by atoms with Crippen molar-refractivity contribution < 1.29 is 14.6 Å². The number of aromatic nitrogens is 2. The number of phenolic OH excluding ortho intramolecular Hbond substituents is 1. The molecular weight excluding hydrogens is 518 g/mol. The van der Waals surface area contributed by atoms with Crippen LogP contribution in [0.15, 0.2) is 30.3 Å². The van der Waals surface area contributed by atoms with E-state index < -0.39 is 5.60 Å². The van der Waals surface area contributed by atoms with E-state index in [0.29, 0.717) is 34.8 Å². The molecule has 1 amide bonds. The quantitative estimate of drug-likeness (QED) is 0.582. The van der Waals surface area contributed by atoms with Crippen LogP contribution in [0.3, 0.4) is 0 Å². The lowest BCUT2D eigenvalue weighted by atomic mass is 9.59. The number of nitrogens with one attached hydrogen (secondary N) is 1. The lowest BCUT2D eigenvalue weighted by Crippen LogP contribution is -2.71. The molecule has 3 saturated heterocycles. The minimum absolute atomic E-state index is 0.168. The number of para-hydroxylation sites is 1. The van der Waals surface area contributed by atoms with E-state index in [1.165, 1.54) is 25.9 Å². The van der Waals surface area contributed by atoms with Gasteiger partial charge in [-0.15, -0.1) is 10.2 Å². The highest BCUT2D eigenvalue weighted by Gasteiger charge is 2.55. The molecule has 1 spiro atoms. The third-order valence-electron chi connectivity index (χ3n) is 9.85. The first kappa shape index (κ1) is 26.8. The molecule has 5 aliphatic rings. The van der Waals surface area contributed by atoms with Crippen LogP contribution in [-0.2, 0) is 4.74 Å². The molecule has 4 aliphatic heterocycles. The van der Waals surface area contributed by atoms with Crippen LogP contribution in [0.1, 0.15) is 46.5 Å². The summed E-state index contributed by atoms with van der Waals surface area (Å²) in [6, 6.07) is 11.1. The Balaban J connectivity index is 0.899. The summed E-state index contributed by atoms with van der Waals surface area (Å²) in [5.41, 5.74) is 2.58. The van der Waals surface area contributed by atoms with Crippen LogP contribution in [-0.4, -0.2) is 112 Å². The van der Waals surface area contributed by atoms with E-state index >= 15 is 0 Å². The number of hydrogen-bond donors (Lipinski definition) is 2. The number of nitrogens with zero attached hydrogens (tertiary/aromatic N) is 6. The fourth-order valence-electron chi connectivity index (χ4n) is 7.74. The van der Waals surface area contributed by atoms with Crippen molar-refractivity contribution in [3.05, 3.63) is 30.3 Å². The van der Waals surface area contributed by atoms with Crippen molar-refractivity contribution in [3.8, 4) is 17.0 Å². The first-order chi connectivity index (χ1) is 19.7. The number of benzene rings is 1. The van der Waals surface area contributed by atoms with Gasteiger partial charge in [0.1, 0.15) is 11.4 Å². The molecule has 0 bridgehead atoms. The topological polar surface area (TPSA) is 97.3 Å². The van der Waals surface area contributed by atoms with E-state index in [-0.39, 0.29) is 11.8 Å². The highest BCUT2D eigenvalue weighted by Crippen LogP contribution is 2.52. The molecule has 1 saturated carbocycles. The number of piperazine rings is 1. The molecule has 2 aromatic rings. The molecule has 0 unspecified atom stereocenters. The molecule has 220 valence electrons. The molecular formula is C31H43N7O3. The van der Waals surface area contributed by atoms with Gasteiger partial charge in [-0.2, -0.15) is 0 Å². The van der Waals surface area contributed by atoms with E-state index in [1.54, 1.807) is 6.07 Å². The zero-order valence-electron chi connectivity index (χ0n) is 24.6. The number of phenols is 1. The molecule has 1 aromatic heterocycles. The second kappa shape index (κ2) is 10.0. The number of anilines is 2. The first-order valence-electron chi connectivity index (χ1n) is 15.3. The predicted octanol–water partition coefficient (Wildman–Crippen LogP) is 3.63. The summed E-state index contributed by atoms with van der Waals surface area (Å²) >= 11 is 0. The molecule has 7 rings (SSSR count). The predicted molar refractivity (Wildman–Crippen MR) is 158 cm³/mol. The SMILES string of the molecule is CC(C)(C)OC(=O)N1CCC(N2CC3(CC(N4CCN5c6cc(-c7ccccc7O)nnc6NC[C@H]5C4)C3)C2)CC1. The smallest absolute Gasteiger partial charge is 0.410 e. The third-order valence-corrected chi connectivity index (χ3v) is 9.85. The number of piperidine rings is 1. The molecule has 0 radical (unpaired) electrons. The van der Waals surface area contributed by atoms with Crippen molar-refractivity contribution >= 4 is 17.6 Å². The molecule has 2 N–H and O–H groups in total. The lowest BCUT2D eigenvalue weighted by molar-refractivity contribution is -0.132. The molecule has 10 heteroatoms. The zero-order valence-corrected chi connectivity index (χ0v) is 24.6. The van der Waals surface area contributed by atoms with Crippen LogP contribution in [0.4, 0.5) is 16.3 Å². The Kier molecular flexibility index (Phi) is 6.54. The molecule has 1 atom stereocenters. The van der Waals surface area contributed by atoms with Crippen LogP contribution < -0.4 is 10.2 Å². The van der Waals surface area contributed by atoms with Gasteiger partial charge in [-0.05, 0) is 70.1 Å². The number of fused-ring (bicyclic) bond motifs is 3. The number of aromatic hydroxyl groups is 1. The van der Waals surface area contributed by atoms with Crippen molar-refractivity contribution in [2.24, 2.45) is 5.41 Å². The summed E-state index contributed by atoms with van der Waals surface area (Å²) in [6.07, 6.45) is 4.54. The summed E-state index contributed by atoms with van der Waals surface area (Å²) in [7, 11) is 0. The Morgan fingerprint density at radius 3 is 2.49 bits per heavy atom. The van der Waals surface area contributed by atoms with Crippen molar-refractivity contribution in [1.82, 2.24) is 24.9 Å². The Hall–Kier alpha value is -3.11.